The van der Waals surface area contributed by atoms with E-state index in [-0.39, 0.29) is 28.9 Å². The Bertz CT molecular complexity index is 583. The summed E-state index contributed by atoms with van der Waals surface area (Å²) in [7, 11) is 0. The third-order valence-electron chi connectivity index (χ3n) is 5.13. The van der Waals surface area contributed by atoms with E-state index in [0.717, 1.165) is 37.8 Å². The molecular weight excluding hydrogens is 379 g/mol. The average Bonchev–Trinajstić information content (AvgIpc) is 3.06. The Morgan fingerprint density at radius 1 is 1.12 bits per heavy atom. The summed E-state index contributed by atoms with van der Waals surface area (Å²) in [5.74, 6) is -0.876. The molecule has 8 heteroatoms. The van der Waals surface area contributed by atoms with E-state index in [1.54, 1.807) is 0 Å². The predicted molar refractivity (Wildman–Crippen MR) is 92.8 cm³/mol. The molecular formula is C17H22Cl2F4N2. The molecule has 1 aromatic rings. The monoisotopic (exact) mass is 400 g/mol. The minimum atomic E-state index is -4.59. The van der Waals surface area contributed by atoms with Crippen LogP contribution in [0.5, 0.6) is 0 Å². The maximum Gasteiger partial charge on any atom is 0.416 e. The summed E-state index contributed by atoms with van der Waals surface area (Å²) in [6, 6.07) is 1.36. The molecule has 1 N–H and O–H groups in total. The maximum atomic E-state index is 14.8. The van der Waals surface area contributed by atoms with E-state index in [1.165, 1.54) is 0 Å². The van der Waals surface area contributed by atoms with Gasteiger partial charge in [-0.2, -0.15) is 13.2 Å². The molecule has 142 valence electrons. The molecule has 1 heterocycles. The van der Waals surface area contributed by atoms with Crippen LogP contribution >= 0.6 is 24.0 Å². The number of hydrogen-bond donors (Lipinski definition) is 1. The quantitative estimate of drug-likeness (QED) is 0.713. The summed E-state index contributed by atoms with van der Waals surface area (Å²) in [6.45, 7) is 2.63. The summed E-state index contributed by atoms with van der Waals surface area (Å²) < 4.78 is 55.4. The predicted octanol–water partition coefficient (Wildman–Crippen LogP) is 5.06. The van der Waals surface area contributed by atoms with Gasteiger partial charge in [0, 0.05) is 37.8 Å². The van der Waals surface area contributed by atoms with Crippen molar-refractivity contribution in [1.29, 1.82) is 0 Å². The lowest BCUT2D eigenvalue weighted by atomic mass is 9.86. The Hall–Kier alpha value is -0.560. The number of hydrogen-bond acceptors (Lipinski definition) is 2. The maximum absolute atomic E-state index is 14.8. The normalized spacial score (nSPS) is 21.2. The second kappa shape index (κ2) is 8.42. The van der Waals surface area contributed by atoms with Crippen molar-refractivity contribution in [3.8, 4) is 0 Å². The molecule has 0 bridgehead atoms. The van der Waals surface area contributed by atoms with Crippen molar-refractivity contribution in [2.24, 2.45) is 5.92 Å². The Morgan fingerprint density at radius 3 is 2.28 bits per heavy atom. The van der Waals surface area contributed by atoms with Crippen LogP contribution in [-0.2, 0) is 6.18 Å². The van der Waals surface area contributed by atoms with E-state index in [1.807, 2.05) is 4.90 Å². The fourth-order valence-electron chi connectivity index (χ4n) is 4.05. The lowest BCUT2D eigenvalue weighted by Crippen LogP contribution is -2.47. The van der Waals surface area contributed by atoms with E-state index < -0.39 is 23.6 Å². The first-order valence-corrected chi connectivity index (χ1v) is 8.77. The van der Waals surface area contributed by atoms with Gasteiger partial charge in [0.1, 0.15) is 5.82 Å². The molecule has 3 rings (SSSR count). The van der Waals surface area contributed by atoms with Crippen LogP contribution in [0.3, 0.4) is 0 Å². The van der Waals surface area contributed by atoms with Gasteiger partial charge < -0.3 is 5.32 Å². The minimum Gasteiger partial charge on any atom is -0.314 e. The highest BCUT2D eigenvalue weighted by Crippen LogP contribution is 2.46. The van der Waals surface area contributed by atoms with Crippen molar-refractivity contribution in [3.63, 3.8) is 0 Å². The number of nitrogens with one attached hydrogen (secondary N) is 1. The molecule has 0 spiro atoms. The van der Waals surface area contributed by atoms with Gasteiger partial charge in [-0.3, -0.25) is 4.90 Å². The summed E-state index contributed by atoms with van der Waals surface area (Å²) in [4.78, 5) is 2.00. The van der Waals surface area contributed by atoms with Gasteiger partial charge in [-0.05, 0) is 30.9 Å². The van der Waals surface area contributed by atoms with Crippen LogP contribution in [0.25, 0.3) is 0 Å². The number of halogens is 6. The molecule has 0 aromatic heterocycles. The molecule has 1 aliphatic heterocycles. The lowest BCUT2D eigenvalue weighted by molar-refractivity contribution is -0.139. The number of nitrogens with zero attached hydrogens (tertiary/aromatic N) is 1. The molecule has 2 aliphatic rings. The van der Waals surface area contributed by atoms with Gasteiger partial charge in [-0.25, -0.2) is 4.39 Å². The highest BCUT2D eigenvalue weighted by Gasteiger charge is 2.42. The number of benzene rings is 1. The topological polar surface area (TPSA) is 15.3 Å². The van der Waals surface area contributed by atoms with Crippen molar-refractivity contribution >= 4 is 24.0 Å². The standard InChI is InChI=1S/C17H21ClF4N2.ClH/c18-13-6-5-12(17(20,21)22)14(15(13)19)16(11-3-1-2-4-11)24-9-7-23-8-10-24;/h5-6,11,16,23H,1-4,7-10H2;1H/t16-;/m0./s1. The summed E-state index contributed by atoms with van der Waals surface area (Å²) in [5.41, 5.74) is -1.15. The molecule has 0 radical (unpaired) electrons. The van der Waals surface area contributed by atoms with Crippen LogP contribution < -0.4 is 5.32 Å². The Morgan fingerprint density at radius 2 is 1.72 bits per heavy atom. The van der Waals surface area contributed by atoms with Crippen molar-refractivity contribution in [2.45, 2.75) is 37.9 Å². The number of alkyl halides is 3. The van der Waals surface area contributed by atoms with E-state index in [0.29, 0.717) is 26.2 Å². The summed E-state index contributed by atoms with van der Waals surface area (Å²) >= 11 is 5.85. The third kappa shape index (κ3) is 4.41. The van der Waals surface area contributed by atoms with Crippen molar-refractivity contribution in [2.75, 3.05) is 26.2 Å². The Kier molecular flexibility index (Phi) is 6.99. The van der Waals surface area contributed by atoms with Crippen LogP contribution in [-0.4, -0.2) is 31.1 Å². The Labute approximate surface area is 156 Å². The van der Waals surface area contributed by atoms with E-state index in [2.05, 4.69) is 5.32 Å². The number of piperazine rings is 1. The van der Waals surface area contributed by atoms with Crippen LogP contribution in [0.4, 0.5) is 17.6 Å². The van der Waals surface area contributed by atoms with Crippen LogP contribution in [0.1, 0.15) is 42.9 Å². The van der Waals surface area contributed by atoms with Gasteiger partial charge in [-0.15, -0.1) is 12.4 Å². The fourth-order valence-corrected chi connectivity index (χ4v) is 4.22. The first kappa shape index (κ1) is 20.7. The van der Waals surface area contributed by atoms with Crippen LogP contribution in [0.15, 0.2) is 12.1 Å². The van der Waals surface area contributed by atoms with Crippen molar-refractivity contribution in [3.05, 3.63) is 34.1 Å². The second-order valence-corrected chi connectivity index (χ2v) is 7.00. The molecule has 0 unspecified atom stereocenters. The SMILES string of the molecule is Cl.Fc1c(Cl)ccc(C(F)(F)F)c1[C@H](C1CCCC1)N1CCNCC1. The average molecular weight is 401 g/mol. The zero-order valence-electron chi connectivity index (χ0n) is 13.7. The molecule has 25 heavy (non-hydrogen) atoms. The van der Waals surface area contributed by atoms with Gasteiger partial charge >= 0.3 is 6.18 Å². The molecule has 1 atom stereocenters. The van der Waals surface area contributed by atoms with Crippen LogP contribution in [0, 0.1) is 11.7 Å². The molecule has 2 fully saturated rings. The second-order valence-electron chi connectivity index (χ2n) is 6.60. The molecule has 2 nitrogen and oxygen atoms in total. The third-order valence-corrected chi connectivity index (χ3v) is 5.42. The molecule has 0 amide bonds. The molecule has 1 saturated heterocycles. The van der Waals surface area contributed by atoms with Gasteiger partial charge in [0.2, 0.25) is 0 Å². The first-order valence-electron chi connectivity index (χ1n) is 8.39. The zero-order valence-corrected chi connectivity index (χ0v) is 15.3. The minimum absolute atomic E-state index is 0. The van der Waals surface area contributed by atoms with Gasteiger partial charge in [-0.1, -0.05) is 24.4 Å². The van der Waals surface area contributed by atoms with E-state index in [9.17, 15) is 17.6 Å². The fraction of sp³-hybridized carbons (Fsp3) is 0.647. The highest BCUT2D eigenvalue weighted by atomic mass is 35.5. The van der Waals surface area contributed by atoms with E-state index in [4.69, 9.17) is 11.6 Å². The van der Waals surface area contributed by atoms with Gasteiger partial charge in [0.15, 0.2) is 0 Å². The Balaban J connectivity index is 0.00000225. The van der Waals surface area contributed by atoms with Gasteiger partial charge in [0.25, 0.3) is 0 Å². The summed E-state index contributed by atoms with van der Waals surface area (Å²) in [6.07, 6.45) is -0.963. The highest BCUT2D eigenvalue weighted by molar-refractivity contribution is 6.30. The van der Waals surface area contributed by atoms with Crippen LogP contribution in [0.2, 0.25) is 5.02 Å². The smallest absolute Gasteiger partial charge is 0.314 e. The first-order chi connectivity index (χ1) is 11.4. The molecule has 1 aliphatic carbocycles. The summed E-state index contributed by atoms with van der Waals surface area (Å²) in [5, 5.41) is 2.96. The largest absolute Gasteiger partial charge is 0.416 e. The lowest BCUT2D eigenvalue weighted by Gasteiger charge is -2.39. The van der Waals surface area contributed by atoms with Crippen molar-refractivity contribution < 1.29 is 17.6 Å². The zero-order chi connectivity index (χ0) is 17.3. The van der Waals surface area contributed by atoms with E-state index >= 15 is 0 Å². The van der Waals surface area contributed by atoms with Crippen molar-refractivity contribution in [1.82, 2.24) is 10.2 Å². The molecule has 1 aromatic carbocycles. The molecule has 1 saturated carbocycles. The number of rotatable bonds is 3. The van der Waals surface area contributed by atoms with Gasteiger partial charge in [0.05, 0.1) is 10.6 Å².